The lowest BCUT2D eigenvalue weighted by atomic mass is 9.86. The van der Waals surface area contributed by atoms with Crippen molar-refractivity contribution in [1.29, 1.82) is 0 Å². The monoisotopic (exact) mass is 538 g/mol. The number of benzene rings is 1. The maximum absolute atomic E-state index is 12.8. The lowest BCUT2D eigenvalue weighted by molar-refractivity contribution is 0.0474. The van der Waals surface area contributed by atoms with Crippen LogP contribution in [0.1, 0.15) is 140 Å². The number of carbonyl (C=O) groups excluding carboxylic acids is 1. The Morgan fingerprint density at radius 3 is 1.21 bits per heavy atom. The van der Waals surface area contributed by atoms with Gasteiger partial charge in [0, 0.05) is 0 Å². The Hall–Kier alpha value is -3.96. The molecule has 12 heteroatoms. The molecule has 1 aromatic carbocycles. The van der Waals surface area contributed by atoms with Crippen molar-refractivity contribution < 1.29 is 59.0 Å². The van der Waals surface area contributed by atoms with Crippen molar-refractivity contribution >= 4 is 35.8 Å². The largest absolute Gasteiger partial charge is 0.478 e. The highest BCUT2D eigenvalue weighted by molar-refractivity contribution is 6.23. The van der Waals surface area contributed by atoms with Crippen molar-refractivity contribution in [2.45, 2.75) is 78.1 Å². The van der Waals surface area contributed by atoms with E-state index in [1.54, 1.807) is 0 Å². The molecule has 5 N–H and O–H groups in total. The molecule has 0 aromatic heterocycles. The van der Waals surface area contributed by atoms with E-state index in [1.165, 1.54) is 0 Å². The second-order valence-corrected chi connectivity index (χ2v) is 8.91. The normalized spacial score (nSPS) is 10.8. The standard InChI is InChI=1S/C26H34O12/c1-3-5-10-14(11-6-4-2)12-8-7-9-13-38-26(37)20-18(24(33)34)16(22(29)30)15(21(27)28)17(23(31)32)19(20)25(35)36/h14H,3-13H2,1-2H3,(H,27,28)(H,29,30)(H,31,32)(H,33,34)(H,35,36). The molecule has 0 fully saturated rings. The third kappa shape index (κ3) is 8.29. The first-order chi connectivity index (χ1) is 17.9. The Labute approximate surface area is 219 Å². The summed E-state index contributed by atoms with van der Waals surface area (Å²) in [5.74, 6) is -11.8. The third-order valence-electron chi connectivity index (χ3n) is 6.20. The minimum absolute atomic E-state index is 0.267. The van der Waals surface area contributed by atoms with Crippen molar-refractivity contribution in [2.24, 2.45) is 5.92 Å². The minimum atomic E-state index is -2.19. The fourth-order valence-electron chi connectivity index (χ4n) is 4.39. The van der Waals surface area contributed by atoms with Crippen molar-refractivity contribution in [3.63, 3.8) is 0 Å². The molecule has 210 valence electrons. The summed E-state index contributed by atoms with van der Waals surface area (Å²) in [4.78, 5) is 71.9. The zero-order valence-electron chi connectivity index (χ0n) is 21.4. The smallest absolute Gasteiger partial charge is 0.339 e. The molecule has 0 aliphatic heterocycles. The van der Waals surface area contributed by atoms with Crippen LogP contribution < -0.4 is 0 Å². The van der Waals surface area contributed by atoms with Crippen LogP contribution >= 0.6 is 0 Å². The van der Waals surface area contributed by atoms with Gasteiger partial charge in [0.2, 0.25) is 0 Å². The average Bonchev–Trinajstić information content (AvgIpc) is 2.84. The summed E-state index contributed by atoms with van der Waals surface area (Å²) in [6, 6.07) is 0. The van der Waals surface area contributed by atoms with E-state index in [0.717, 1.165) is 51.4 Å². The lowest BCUT2D eigenvalue weighted by Gasteiger charge is -2.18. The second-order valence-electron chi connectivity index (χ2n) is 8.91. The molecule has 0 heterocycles. The quantitative estimate of drug-likeness (QED) is 0.125. The Morgan fingerprint density at radius 1 is 0.526 bits per heavy atom. The number of hydrogen-bond acceptors (Lipinski definition) is 7. The van der Waals surface area contributed by atoms with Crippen LogP contribution in [0.5, 0.6) is 0 Å². The number of carbonyl (C=O) groups is 6. The Balaban J connectivity index is 3.24. The van der Waals surface area contributed by atoms with Crippen molar-refractivity contribution in [1.82, 2.24) is 0 Å². The van der Waals surface area contributed by atoms with Gasteiger partial charge in [0.15, 0.2) is 0 Å². The van der Waals surface area contributed by atoms with E-state index in [1.807, 2.05) is 0 Å². The average molecular weight is 539 g/mol. The highest BCUT2D eigenvalue weighted by atomic mass is 16.5. The van der Waals surface area contributed by atoms with Gasteiger partial charge in [-0.2, -0.15) is 0 Å². The number of rotatable bonds is 18. The van der Waals surface area contributed by atoms with Gasteiger partial charge in [-0.3, -0.25) is 0 Å². The molecule has 0 spiro atoms. The number of carboxylic acids is 5. The van der Waals surface area contributed by atoms with Crippen LogP contribution in [0.15, 0.2) is 0 Å². The summed E-state index contributed by atoms with van der Waals surface area (Å²) in [7, 11) is 0. The molecule has 38 heavy (non-hydrogen) atoms. The molecule has 0 aliphatic carbocycles. The predicted octanol–water partition coefficient (Wildman–Crippen LogP) is 4.89. The molecule has 12 nitrogen and oxygen atoms in total. The topological polar surface area (TPSA) is 213 Å². The molecule has 0 unspecified atom stereocenters. The van der Waals surface area contributed by atoms with Crippen LogP contribution in [0.4, 0.5) is 0 Å². The van der Waals surface area contributed by atoms with Gasteiger partial charge in [-0.1, -0.05) is 71.6 Å². The summed E-state index contributed by atoms with van der Waals surface area (Å²) in [6.45, 7) is 3.99. The van der Waals surface area contributed by atoms with E-state index in [4.69, 9.17) is 4.74 Å². The van der Waals surface area contributed by atoms with Crippen molar-refractivity contribution in [3.05, 3.63) is 33.4 Å². The predicted molar refractivity (Wildman–Crippen MR) is 133 cm³/mol. The number of aromatic carboxylic acids is 5. The van der Waals surface area contributed by atoms with E-state index in [2.05, 4.69) is 13.8 Å². The number of esters is 1. The number of carboxylic acid groups (broad SMARTS) is 5. The molecule has 0 radical (unpaired) electrons. The lowest BCUT2D eigenvalue weighted by Crippen LogP contribution is -2.28. The van der Waals surface area contributed by atoms with Crippen LogP contribution in [0, 0.1) is 5.92 Å². The molecule has 0 saturated carbocycles. The van der Waals surface area contributed by atoms with Gasteiger partial charge in [0.25, 0.3) is 0 Å². The maximum Gasteiger partial charge on any atom is 0.339 e. The maximum atomic E-state index is 12.8. The Kier molecular flexibility index (Phi) is 12.9. The molecule has 0 amide bonds. The summed E-state index contributed by atoms with van der Waals surface area (Å²) >= 11 is 0. The third-order valence-corrected chi connectivity index (χ3v) is 6.20. The number of unbranched alkanes of at least 4 members (excludes halogenated alkanes) is 4. The van der Waals surface area contributed by atoms with Gasteiger partial charge >= 0.3 is 35.8 Å². The summed E-state index contributed by atoms with van der Waals surface area (Å²) in [5, 5.41) is 47.6. The van der Waals surface area contributed by atoms with E-state index in [0.29, 0.717) is 18.8 Å². The first-order valence-corrected chi connectivity index (χ1v) is 12.5. The van der Waals surface area contributed by atoms with Gasteiger partial charge < -0.3 is 30.3 Å². The first kappa shape index (κ1) is 32.1. The van der Waals surface area contributed by atoms with Crippen LogP contribution in [0.2, 0.25) is 0 Å². The molecule has 0 bridgehead atoms. The SMILES string of the molecule is CCCCC(CCCC)CCCCCOC(=O)c1c(C(=O)O)c(C(=O)O)c(C(=O)O)c(C(=O)O)c1C(=O)O. The zero-order valence-corrected chi connectivity index (χ0v) is 21.4. The van der Waals surface area contributed by atoms with Crippen LogP contribution in [-0.4, -0.2) is 68.0 Å². The summed E-state index contributed by atoms with van der Waals surface area (Å²) in [6.07, 6.45) is 9.58. The van der Waals surface area contributed by atoms with Gasteiger partial charge in [0.05, 0.1) is 40.0 Å². The van der Waals surface area contributed by atoms with Crippen LogP contribution in [0.3, 0.4) is 0 Å². The fraction of sp³-hybridized carbons (Fsp3) is 0.538. The molecular weight excluding hydrogens is 504 g/mol. The first-order valence-electron chi connectivity index (χ1n) is 12.5. The van der Waals surface area contributed by atoms with E-state index in [9.17, 15) is 54.3 Å². The van der Waals surface area contributed by atoms with Gasteiger partial charge in [-0.05, 0) is 12.3 Å². The van der Waals surface area contributed by atoms with Gasteiger partial charge in [-0.25, -0.2) is 28.8 Å². The minimum Gasteiger partial charge on any atom is -0.478 e. The summed E-state index contributed by atoms with van der Waals surface area (Å²) in [5.41, 5.74) is -8.94. The molecule has 0 saturated heterocycles. The van der Waals surface area contributed by atoms with Crippen LogP contribution in [0.25, 0.3) is 0 Å². The number of hydrogen-bond donors (Lipinski definition) is 5. The second kappa shape index (κ2) is 15.3. The van der Waals surface area contributed by atoms with E-state index in [-0.39, 0.29) is 6.61 Å². The highest BCUT2D eigenvalue weighted by Gasteiger charge is 2.41. The summed E-state index contributed by atoms with van der Waals surface area (Å²) < 4.78 is 5.02. The molecule has 1 aromatic rings. The highest BCUT2D eigenvalue weighted by Crippen LogP contribution is 2.31. The number of ether oxygens (including phenoxy) is 1. The molecular formula is C26H34O12. The van der Waals surface area contributed by atoms with Crippen molar-refractivity contribution in [2.75, 3.05) is 6.61 Å². The molecule has 0 atom stereocenters. The zero-order chi connectivity index (χ0) is 29.0. The van der Waals surface area contributed by atoms with E-state index >= 15 is 0 Å². The van der Waals surface area contributed by atoms with Gasteiger partial charge in [0.1, 0.15) is 0 Å². The van der Waals surface area contributed by atoms with Gasteiger partial charge in [-0.15, -0.1) is 0 Å². The van der Waals surface area contributed by atoms with Crippen molar-refractivity contribution in [3.8, 4) is 0 Å². The Morgan fingerprint density at radius 2 is 0.868 bits per heavy atom. The Bertz CT molecular complexity index is 1010. The molecule has 0 aliphatic rings. The van der Waals surface area contributed by atoms with Crippen LogP contribution in [-0.2, 0) is 4.74 Å². The fourth-order valence-corrected chi connectivity index (χ4v) is 4.39. The van der Waals surface area contributed by atoms with E-state index < -0.39 is 69.2 Å². The molecule has 1 rings (SSSR count).